The topological polar surface area (TPSA) is 75.8 Å². The van der Waals surface area contributed by atoms with E-state index in [1.807, 2.05) is 24.3 Å². The molecule has 6 heteroatoms. The second-order valence-corrected chi connectivity index (χ2v) is 4.49. The lowest BCUT2D eigenvalue weighted by Gasteiger charge is -1.95. The molecule has 0 amide bonds. The van der Waals surface area contributed by atoms with Crippen LogP contribution < -0.4 is 0 Å². The van der Waals surface area contributed by atoms with Crippen LogP contribution in [0.5, 0.6) is 0 Å². The quantitative estimate of drug-likeness (QED) is 0.688. The SMILES string of the molecule is Cc1nc2cc(-c3onc(C#N)c3Br)ccc2o1. The fraction of sp³-hybridized carbons (Fsp3) is 0.0833. The second kappa shape index (κ2) is 3.96. The maximum absolute atomic E-state index is 8.82. The highest BCUT2D eigenvalue weighted by atomic mass is 79.9. The molecule has 0 unspecified atom stereocenters. The molecular formula is C12H6BrN3O2. The average molecular weight is 304 g/mol. The van der Waals surface area contributed by atoms with Gasteiger partial charge in [-0.15, -0.1) is 0 Å². The van der Waals surface area contributed by atoms with Crippen LogP contribution in [0, 0.1) is 18.3 Å². The van der Waals surface area contributed by atoms with Gasteiger partial charge in [0.1, 0.15) is 16.1 Å². The molecule has 0 atom stereocenters. The minimum atomic E-state index is 0.224. The molecule has 0 saturated heterocycles. The summed E-state index contributed by atoms with van der Waals surface area (Å²) in [6, 6.07) is 7.42. The number of rotatable bonds is 1. The van der Waals surface area contributed by atoms with Crippen LogP contribution >= 0.6 is 15.9 Å². The van der Waals surface area contributed by atoms with Gasteiger partial charge in [0.15, 0.2) is 22.9 Å². The number of nitriles is 1. The van der Waals surface area contributed by atoms with Crippen LogP contribution in [-0.2, 0) is 0 Å². The normalized spacial score (nSPS) is 10.7. The van der Waals surface area contributed by atoms with E-state index in [1.165, 1.54) is 0 Å². The van der Waals surface area contributed by atoms with Gasteiger partial charge in [0.25, 0.3) is 0 Å². The first-order valence-electron chi connectivity index (χ1n) is 5.12. The Hall–Kier alpha value is -2.13. The Kier molecular flexibility index (Phi) is 2.42. The Morgan fingerprint density at radius 3 is 2.94 bits per heavy atom. The molecule has 18 heavy (non-hydrogen) atoms. The lowest BCUT2D eigenvalue weighted by molar-refractivity contribution is 0.430. The molecule has 1 aromatic carbocycles. The van der Waals surface area contributed by atoms with Crippen molar-refractivity contribution in [1.82, 2.24) is 10.1 Å². The summed E-state index contributed by atoms with van der Waals surface area (Å²) in [5.74, 6) is 1.12. The third-order valence-electron chi connectivity index (χ3n) is 2.50. The van der Waals surface area contributed by atoms with Crippen LogP contribution in [0.3, 0.4) is 0 Å². The largest absolute Gasteiger partial charge is 0.441 e. The molecule has 88 valence electrons. The zero-order valence-electron chi connectivity index (χ0n) is 9.27. The lowest BCUT2D eigenvalue weighted by Crippen LogP contribution is -1.77. The first kappa shape index (κ1) is 11.0. The summed E-state index contributed by atoms with van der Waals surface area (Å²) >= 11 is 3.29. The first-order valence-corrected chi connectivity index (χ1v) is 5.91. The third kappa shape index (κ3) is 1.60. The molecule has 0 fully saturated rings. The van der Waals surface area contributed by atoms with Gasteiger partial charge in [0, 0.05) is 12.5 Å². The molecule has 0 bridgehead atoms. The predicted octanol–water partition coefficient (Wildman–Crippen LogP) is 3.43. The molecule has 0 spiro atoms. The minimum absolute atomic E-state index is 0.224. The van der Waals surface area contributed by atoms with Crippen LogP contribution in [0.1, 0.15) is 11.6 Å². The number of oxazole rings is 1. The summed E-state index contributed by atoms with van der Waals surface area (Å²) in [7, 11) is 0. The number of aryl methyl sites for hydroxylation is 1. The van der Waals surface area contributed by atoms with Crippen molar-refractivity contribution in [3.63, 3.8) is 0 Å². The van der Waals surface area contributed by atoms with E-state index in [0.29, 0.717) is 21.7 Å². The Labute approximate surface area is 110 Å². The van der Waals surface area contributed by atoms with Gasteiger partial charge in [0.05, 0.1) is 0 Å². The van der Waals surface area contributed by atoms with E-state index in [9.17, 15) is 0 Å². The smallest absolute Gasteiger partial charge is 0.198 e. The van der Waals surface area contributed by atoms with Crippen LogP contribution in [-0.4, -0.2) is 10.1 Å². The molecule has 2 heterocycles. The molecule has 3 aromatic rings. The number of benzene rings is 1. The molecule has 0 aliphatic heterocycles. The molecule has 0 N–H and O–H groups in total. The summed E-state index contributed by atoms with van der Waals surface area (Å²) in [6.45, 7) is 1.79. The fourth-order valence-corrected chi connectivity index (χ4v) is 2.17. The van der Waals surface area contributed by atoms with Crippen LogP contribution in [0.2, 0.25) is 0 Å². The van der Waals surface area contributed by atoms with Crippen molar-refractivity contribution < 1.29 is 8.94 Å². The van der Waals surface area contributed by atoms with Gasteiger partial charge < -0.3 is 8.94 Å². The Morgan fingerprint density at radius 2 is 2.22 bits per heavy atom. The van der Waals surface area contributed by atoms with Crippen LogP contribution in [0.4, 0.5) is 0 Å². The Balaban J connectivity index is 2.19. The van der Waals surface area contributed by atoms with E-state index >= 15 is 0 Å². The van der Waals surface area contributed by atoms with Crippen molar-refractivity contribution in [2.24, 2.45) is 0 Å². The van der Waals surface area contributed by atoms with Crippen LogP contribution in [0.15, 0.2) is 31.6 Å². The Morgan fingerprint density at radius 1 is 1.39 bits per heavy atom. The number of hydrogen-bond acceptors (Lipinski definition) is 5. The van der Waals surface area contributed by atoms with Crippen molar-refractivity contribution in [3.05, 3.63) is 34.3 Å². The molecular weight excluding hydrogens is 298 g/mol. The van der Waals surface area contributed by atoms with Gasteiger partial charge in [-0.3, -0.25) is 0 Å². The average Bonchev–Trinajstić information content (AvgIpc) is 2.89. The van der Waals surface area contributed by atoms with Crippen LogP contribution in [0.25, 0.3) is 22.4 Å². The van der Waals surface area contributed by atoms with Gasteiger partial charge in [-0.05, 0) is 34.1 Å². The maximum atomic E-state index is 8.82. The third-order valence-corrected chi connectivity index (χ3v) is 3.23. The van der Waals surface area contributed by atoms with E-state index in [2.05, 4.69) is 26.1 Å². The molecule has 3 rings (SSSR count). The van der Waals surface area contributed by atoms with Crippen molar-refractivity contribution in [1.29, 1.82) is 5.26 Å². The number of nitrogens with zero attached hydrogens (tertiary/aromatic N) is 3. The zero-order valence-corrected chi connectivity index (χ0v) is 10.9. The van der Waals surface area contributed by atoms with E-state index in [-0.39, 0.29) is 5.69 Å². The van der Waals surface area contributed by atoms with Crippen molar-refractivity contribution in [2.45, 2.75) is 6.92 Å². The summed E-state index contributed by atoms with van der Waals surface area (Å²) in [6.07, 6.45) is 0. The molecule has 0 aliphatic rings. The van der Waals surface area contributed by atoms with E-state index in [4.69, 9.17) is 14.2 Å². The highest BCUT2D eigenvalue weighted by Crippen LogP contribution is 2.32. The predicted molar refractivity (Wildman–Crippen MR) is 66.7 cm³/mol. The van der Waals surface area contributed by atoms with Gasteiger partial charge >= 0.3 is 0 Å². The Bertz CT molecular complexity index is 782. The molecule has 0 saturated carbocycles. The number of fused-ring (bicyclic) bond motifs is 1. The summed E-state index contributed by atoms with van der Waals surface area (Å²) < 4.78 is 11.1. The zero-order chi connectivity index (χ0) is 12.7. The standard InChI is InChI=1S/C12H6BrN3O2/c1-6-15-8-4-7(2-3-10(8)17-6)12-11(13)9(5-14)16-18-12/h2-4H,1H3. The van der Waals surface area contributed by atoms with E-state index in [0.717, 1.165) is 11.1 Å². The highest BCUT2D eigenvalue weighted by Gasteiger charge is 2.16. The minimum Gasteiger partial charge on any atom is -0.441 e. The van der Waals surface area contributed by atoms with E-state index < -0.39 is 0 Å². The van der Waals surface area contributed by atoms with Crippen molar-refractivity contribution in [2.75, 3.05) is 0 Å². The fourth-order valence-electron chi connectivity index (χ4n) is 1.71. The summed E-state index contributed by atoms with van der Waals surface area (Å²) in [5.41, 5.74) is 2.47. The van der Waals surface area contributed by atoms with Gasteiger partial charge in [-0.25, -0.2) is 4.98 Å². The molecule has 0 radical (unpaired) electrons. The van der Waals surface area contributed by atoms with E-state index in [1.54, 1.807) is 6.92 Å². The number of halogens is 1. The molecule has 2 aromatic heterocycles. The lowest BCUT2D eigenvalue weighted by atomic mass is 10.1. The summed E-state index contributed by atoms with van der Waals surface area (Å²) in [4.78, 5) is 4.25. The van der Waals surface area contributed by atoms with Crippen molar-refractivity contribution >= 4 is 27.0 Å². The monoisotopic (exact) mass is 303 g/mol. The molecule has 5 nitrogen and oxygen atoms in total. The van der Waals surface area contributed by atoms with Gasteiger partial charge in [0.2, 0.25) is 0 Å². The maximum Gasteiger partial charge on any atom is 0.198 e. The number of aromatic nitrogens is 2. The first-order chi connectivity index (χ1) is 8.69. The molecule has 0 aliphatic carbocycles. The van der Waals surface area contributed by atoms with Gasteiger partial charge in [-0.2, -0.15) is 5.26 Å². The van der Waals surface area contributed by atoms with Crippen molar-refractivity contribution in [3.8, 4) is 17.4 Å². The number of hydrogen-bond donors (Lipinski definition) is 0. The van der Waals surface area contributed by atoms with Gasteiger partial charge in [-0.1, -0.05) is 5.16 Å². The highest BCUT2D eigenvalue weighted by molar-refractivity contribution is 9.10. The summed E-state index contributed by atoms with van der Waals surface area (Å²) in [5, 5.41) is 12.5. The second-order valence-electron chi connectivity index (χ2n) is 3.70.